The molecule has 0 bridgehead atoms. The van der Waals surface area contributed by atoms with Crippen LogP contribution in [0.15, 0.2) is 64.2 Å². The summed E-state index contributed by atoms with van der Waals surface area (Å²) < 4.78 is 1.07. The van der Waals surface area contributed by atoms with Gasteiger partial charge in [-0.05, 0) is 36.0 Å². The zero-order valence-electron chi connectivity index (χ0n) is 15.5. The second-order valence-corrected chi connectivity index (χ2v) is 8.73. The van der Waals surface area contributed by atoms with E-state index in [2.05, 4.69) is 58.5 Å². The number of nitrogens with one attached hydrogen (secondary N) is 1. The van der Waals surface area contributed by atoms with Crippen LogP contribution in [0.25, 0.3) is 0 Å². The van der Waals surface area contributed by atoms with Gasteiger partial charge in [0.2, 0.25) is 5.91 Å². The van der Waals surface area contributed by atoms with Gasteiger partial charge in [0.05, 0.1) is 5.75 Å². The van der Waals surface area contributed by atoms with E-state index in [1.807, 2.05) is 43.3 Å². The van der Waals surface area contributed by atoms with Gasteiger partial charge in [0.1, 0.15) is 0 Å². The van der Waals surface area contributed by atoms with Crippen molar-refractivity contribution in [3.05, 3.63) is 70.2 Å². The van der Waals surface area contributed by atoms with Gasteiger partial charge in [-0.15, -0.1) is 11.8 Å². The third-order valence-electron chi connectivity index (χ3n) is 4.07. The van der Waals surface area contributed by atoms with Crippen molar-refractivity contribution in [2.24, 2.45) is 5.10 Å². The zero-order chi connectivity index (χ0) is 19.0. The molecule has 0 aromatic heterocycles. The van der Waals surface area contributed by atoms with Crippen LogP contribution in [0.2, 0.25) is 0 Å². The van der Waals surface area contributed by atoms with Crippen molar-refractivity contribution in [1.29, 1.82) is 0 Å². The van der Waals surface area contributed by atoms with E-state index < -0.39 is 0 Å². The molecule has 0 atom stereocenters. The summed E-state index contributed by atoms with van der Waals surface area (Å²) in [6.45, 7) is 6.34. The van der Waals surface area contributed by atoms with E-state index in [9.17, 15) is 4.79 Å². The number of hydrogen-bond donors (Lipinski definition) is 1. The lowest BCUT2D eigenvalue weighted by Crippen LogP contribution is -2.25. The van der Waals surface area contributed by atoms with E-state index in [-0.39, 0.29) is 11.3 Å². The van der Waals surface area contributed by atoms with Gasteiger partial charge in [-0.25, -0.2) is 5.43 Å². The van der Waals surface area contributed by atoms with Crippen LogP contribution >= 0.6 is 27.7 Å². The highest BCUT2D eigenvalue weighted by Crippen LogP contribution is 2.27. The predicted molar refractivity (Wildman–Crippen MR) is 116 cm³/mol. The summed E-state index contributed by atoms with van der Waals surface area (Å²) in [4.78, 5) is 12.0. The van der Waals surface area contributed by atoms with E-state index in [0.717, 1.165) is 22.4 Å². The van der Waals surface area contributed by atoms with Crippen LogP contribution in [0.1, 0.15) is 38.3 Å². The minimum absolute atomic E-state index is 0.0199. The van der Waals surface area contributed by atoms with Gasteiger partial charge in [-0.1, -0.05) is 78.3 Å². The Morgan fingerprint density at radius 2 is 1.77 bits per heavy atom. The monoisotopic (exact) mass is 432 g/mol. The maximum atomic E-state index is 12.0. The Labute approximate surface area is 168 Å². The van der Waals surface area contributed by atoms with Gasteiger partial charge in [0.15, 0.2) is 0 Å². The van der Waals surface area contributed by atoms with Crippen molar-refractivity contribution >= 4 is 39.3 Å². The van der Waals surface area contributed by atoms with Crippen LogP contribution in [0.3, 0.4) is 0 Å². The van der Waals surface area contributed by atoms with Crippen LogP contribution in [0, 0.1) is 0 Å². The Kier molecular flexibility index (Phi) is 7.91. The predicted octanol–water partition coefficient (Wildman–Crippen LogP) is 5.54. The number of carbonyl (C=O) groups is 1. The number of thioether (sulfide) groups is 1. The summed E-state index contributed by atoms with van der Waals surface area (Å²) in [6.07, 6.45) is 0.793. The number of hydrazone groups is 1. The molecule has 0 aliphatic rings. The second-order valence-electron chi connectivity index (χ2n) is 6.89. The lowest BCUT2D eigenvalue weighted by Gasteiger charge is -2.25. The summed E-state index contributed by atoms with van der Waals surface area (Å²) in [6, 6.07) is 18.4. The molecule has 0 saturated heterocycles. The summed E-state index contributed by atoms with van der Waals surface area (Å²) in [7, 11) is 0. The number of rotatable bonds is 8. The highest BCUT2D eigenvalue weighted by molar-refractivity contribution is 9.10. The SMILES string of the molecule is C/C(CC(C)(C)c1ccccc1)=N/NC(=O)CSCc1ccccc1Br. The van der Waals surface area contributed by atoms with Gasteiger partial charge < -0.3 is 0 Å². The van der Waals surface area contributed by atoms with E-state index in [4.69, 9.17) is 0 Å². The Balaban J connectivity index is 1.79. The van der Waals surface area contributed by atoms with Crippen LogP contribution in [-0.2, 0) is 16.0 Å². The number of benzene rings is 2. The lowest BCUT2D eigenvalue weighted by molar-refractivity contribution is -0.118. The third kappa shape index (κ3) is 6.61. The molecule has 0 fully saturated rings. The first-order valence-corrected chi connectivity index (χ1v) is 10.5. The fourth-order valence-corrected chi connectivity index (χ4v) is 4.16. The minimum atomic E-state index is -0.0704. The average molecular weight is 433 g/mol. The molecule has 138 valence electrons. The van der Waals surface area contributed by atoms with E-state index in [0.29, 0.717) is 5.75 Å². The van der Waals surface area contributed by atoms with E-state index in [1.54, 1.807) is 11.8 Å². The molecule has 2 aromatic carbocycles. The molecule has 0 heterocycles. The van der Waals surface area contributed by atoms with Crippen LogP contribution in [0.4, 0.5) is 0 Å². The quantitative estimate of drug-likeness (QED) is 0.439. The molecule has 5 heteroatoms. The van der Waals surface area contributed by atoms with Crippen LogP contribution in [-0.4, -0.2) is 17.4 Å². The highest BCUT2D eigenvalue weighted by Gasteiger charge is 2.21. The molecule has 0 spiro atoms. The van der Waals surface area contributed by atoms with Gasteiger partial charge >= 0.3 is 0 Å². The van der Waals surface area contributed by atoms with Crippen molar-refractivity contribution in [2.75, 3.05) is 5.75 Å². The number of amides is 1. The van der Waals surface area contributed by atoms with E-state index in [1.165, 1.54) is 11.1 Å². The molecule has 0 radical (unpaired) electrons. The molecular weight excluding hydrogens is 408 g/mol. The van der Waals surface area contributed by atoms with Gasteiger partial charge in [0.25, 0.3) is 0 Å². The number of carbonyl (C=O) groups excluding carboxylic acids is 1. The molecule has 1 amide bonds. The molecule has 26 heavy (non-hydrogen) atoms. The van der Waals surface area contributed by atoms with Crippen molar-refractivity contribution < 1.29 is 4.79 Å². The standard InChI is InChI=1S/C21H25BrN2OS/c1-16(13-21(2,3)18-10-5-4-6-11-18)23-24-20(25)15-26-14-17-9-7-8-12-19(17)22/h4-12H,13-15H2,1-3H3,(H,24,25)/b23-16-. The van der Waals surface area contributed by atoms with Crippen molar-refractivity contribution in [2.45, 2.75) is 38.4 Å². The molecule has 1 N–H and O–H groups in total. The maximum Gasteiger partial charge on any atom is 0.250 e. The zero-order valence-corrected chi connectivity index (χ0v) is 17.9. The van der Waals surface area contributed by atoms with Gasteiger partial charge in [0, 0.05) is 15.9 Å². The van der Waals surface area contributed by atoms with Crippen LogP contribution in [0.5, 0.6) is 0 Å². The smallest absolute Gasteiger partial charge is 0.250 e. The fourth-order valence-electron chi connectivity index (χ4n) is 2.73. The molecule has 0 aliphatic heterocycles. The third-order valence-corrected chi connectivity index (χ3v) is 5.83. The molecule has 2 aromatic rings. The second kappa shape index (κ2) is 9.93. The Morgan fingerprint density at radius 1 is 1.12 bits per heavy atom. The van der Waals surface area contributed by atoms with Crippen molar-refractivity contribution in [1.82, 2.24) is 5.43 Å². The highest BCUT2D eigenvalue weighted by atomic mass is 79.9. The Bertz CT molecular complexity index is 760. The first kappa shape index (κ1) is 20.7. The Morgan fingerprint density at radius 3 is 2.46 bits per heavy atom. The topological polar surface area (TPSA) is 41.5 Å². The Hall–Kier alpha value is -1.59. The summed E-state index contributed by atoms with van der Waals surface area (Å²) >= 11 is 5.10. The lowest BCUT2D eigenvalue weighted by atomic mass is 9.80. The van der Waals surface area contributed by atoms with E-state index >= 15 is 0 Å². The van der Waals surface area contributed by atoms with Crippen molar-refractivity contribution in [3.63, 3.8) is 0 Å². The first-order chi connectivity index (χ1) is 12.4. The average Bonchev–Trinajstić information content (AvgIpc) is 2.62. The largest absolute Gasteiger partial charge is 0.272 e. The van der Waals surface area contributed by atoms with Crippen LogP contribution < -0.4 is 5.43 Å². The van der Waals surface area contributed by atoms with Gasteiger partial charge in [-0.2, -0.15) is 5.10 Å². The number of hydrogen-bond acceptors (Lipinski definition) is 3. The first-order valence-electron chi connectivity index (χ1n) is 8.57. The summed E-state index contributed by atoms with van der Waals surface area (Å²) in [5.41, 5.74) is 6.03. The van der Waals surface area contributed by atoms with Crippen molar-refractivity contribution in [3.8, 4) is 0 Å². The number of halogens is 1. The maximum absolute atomic E-state index is 12.0. The summed E-state index contributed by atoms with van der Waals surface area (Å²) in [5, 5.41) is 4.27. The molecule has 2 rings (SSSR count). The van der Waals surface area contributed by atoms with Gasteiger partial charge in [-0.3, -0.25) is 4.79 Å². The normalized spacial score (nSPS) is 12.1. The molecular formula is C21H25BrN2OS. The summed E-state index contributed by atoms with van der Waals surface area (Å²) in [5.74, 6) is 1.11. The number of nitrogens with zero attached hydrogens (tertiary/aromatic N) is 1. The minimum Gasteiger partial charge on any atom is -0.272 e. The fraction of sp³-hybridized carbons (Fsp3) is 0.333. The molecule has 3 nitrogen and oxygen atoms in total. The molecule has 0 saturated carbocycles. The molecule has 0 unspecified atom stereocenters. The molecule has 0 aliphatic carbocycles.